The number of benzene rings is 1. The van der Waals surface area contributed by atoms with Gasteiger partial charge in [-0.15, -0.1) is 17.8 Å². The summed E-state index contributed by atoms with van der Waals surface area (Å²) in [5.74, 6) is 1.24. The van der Waals surface area contributed by atoms with Crippen LogP contribution in [0, 0.1) is 6.07 Å². The maximum absolute atomic E-state index is 11.8. The maximum Gasteiger partial charge on any atom is 0.212 e. The van der Waals surface area contributed by atoms with Crippen molar-refractivity contribution in [1.29, 1.82) is 0 Å². The molecule has 0 saturated heterocycles. The van der Waals surface area contributed by atoms with E-state index in [1.807, 2.05) is 12.3 Å². The minimum Gasteiger partial charge on any atom is -0.483 e. The monoisotopic (exact) mass is 417 g/mol. The Labute approximate surface area is 162 Å². The molecule has 1 aromatic heterocycles. The van der Waals surface area contributed by atoms with Crippen molar-refractivity contribution in [3.8, 4) is 17.0 Å². The second-order valence-electron chi connectivity index (χ2n) is 4.04. The van der Waals surface area contributed by atoms with Gasteiger partial charge in [-0.2, -0.15) is 23.7 Å². The average molecular weight is 418 g/mol. The molecule has 109 valence electrons. The molecule has 0 bridgehead atoms. The minimum absolute atomic E-state index is 0. The fourth-order valence-corrected chi connectivity index (χ4v) is 2.41. The molecule has 3 nitrogen and oxygen atoms in total. The topological polar surface area (TPSA) is 31.2 Å². The number of ether oxygens (including phenoxy) is 1. The molecule has 0 amide bonds. The quantitative estimate of drug-likeness (QED) is 0.559. The van der Waals surface area contributed by atoms with Gasteiger partial charge in [0.25, 0.3) is 0 Å². The van der Waals surface area contributed by atoms with Crippen molar-refractivity contribution in [3.05, 3.63) is 50.7 Å². The van der Waals surface area contributed by atoms with Crippen molar-refractivity contribution in [1.82, 2.24) is 4.57 Å². The predicted octanol–water partition coefficient (Wildman–Crippen LogP) is 3.86. The zero-order valence-corrected chi connectivity index (χ0v) is 16.7. The Hall–Kier alpha value is 0.00390. The van der Waals surface area contributed by atoms with Crippen molar-refractivity contribution >= 4 is 35.0 Å². The van der Waals surface area contributed by atoms with Crippen molar-refractivity contribution in [3.63, 3.8) is 0 Å². The number of halogens is 2. The fourth-order valence-electron chi connectivity index (χ4n) is 1.72. The van der Waals surface area contributed by atoms with Gasteiger partial charge in [-0.3, -0.25) is 4.79 Å². The van der Waals surface area contributed by atoms with Gasteiger partial charge in [-0.05, 0) is 23.4 Å². The van der Waals surface area contributed by atoms with Crippen LogP contribution in [0.15, 0.2) is 29.1 Å². The molecular formula is C14H12Cl2NO2SY-. The number of nitrogens with zero attached hydrogens (tertiary/aromatic N) is 1. The second kappa shape index (κ2) is 8.59. The van der Waals surface area contributed by atoms with E-state index in [4.69, 9.17) is 27.9 Å². The normalized spacial score (nSPS) is 10.1. The standard InChI is InChI=1S/C14H12Cl2NO2S.Y/c1-17-13(6-5-11(15)14(17)18)10-4-3-9(7-12(10)16)19-8-20-2;/h3-5,7H,8H2,1-2H3;/q-1;. The molecule has 1 heterocycles. The Morgan fingerprint density at radius 3 is 2.67 bits per heavy atom. The van der Waals surface area contributed by atoms with Crippen LogP contribution in [0.5, 0.6) is 5.75 Å². The minimum atomic E-state index is -0.279. The molecular weight excluding hydrogens is 406 g/mol. The van der Waals surface area contributed by atoms with Gasteiger partial charge < -0.3 is 9.30 Å². The van der Waals surface area contributed by atoms with Gasteiger partial charge in [0.15, 0.2) is 0 Å². The number of hydrogen-bond acceptors (Lipinski definition) is 3. The van der Waals surface area contributed by atoms with Crippen molar-refractivity contribution in [2.75, 3.05) is 12.2 Å². The molecule has 2 aromatic rings. The van der Waals surface area contributed by atoms with E-state index in [0.717, 1.165) is 0 Å². The van der Waals surface area contributed by atoms with Gasteiger partial charge in [0.2, 0.25) is 5.56 Å². The Balaban J connectivity index is 0.00000220. The van der Waals surface area contributed by atoms with Gasteiger partial charge in [-0.25, -0.2) is 0 Å². The Kier molecular flexibility index (Phi) is 7.79. The summed E-state index contributed by atoms with van der Waals surface area (Å²) in [5.41, 5.74) is 1.01. The van der Waals surface area contributed by atoms with Crippen LogP contribution in [0.1, 0.15) is 0 Å². The van der Waals surface area contributed by atoms with Crippen molar-refractivity contribution < 1.29 is 37.4 Å². The summed E-state index contributed by atoms with van der Waals surface area (Å²) in [5, 5.41) is 0.629. The molecule has 0 unspecified atom stereocenters. The smallest absolute Gasteiger partial charge is 0.212 e. The zero-order valence-electron chi connectivity index (χ0n) is 11.5. The van der Waals surface area contributed by atoms with Crippen LogP contribution in [0.3, 0.4) is 0 Å². The van der Waals surface area contributed by atoms with E-state index in [1.165, 1.54) is 10.6 Å². The van der Waals surface area contributed by atoms with Gasteiger partial charge in [0.05, 0.1) is 0 Å². The number of pyridine rings is 1. The molecule has 0 fully saturated rings. The molecule has 0 atom stereocenters. The number of thioether (sulfide) groups is 1. The summed E-state index contributed by atoms with van der Waals surface area (Å²) in [6, 6.07) is 9.75. The second-order valence-corrected chi connectivity index (χ2v) is 5.67. The first-order valence-corrected chi connectivity index (χ1v) is 7.88. The molecule has 7 heteroatoms. The summed E-state index contributed by atoms with van der Waals surface area (Å²) >= 11 is 13.6. The predicted molar refractivity (Wildman–Crippen MR) is 85.0 cm³/mol. The van der Waals surface area contributed by atoms with E-state index >= 15 is 0 Å². The van der Waals surface area contributed by atoms with Gasteiger partial charge in [0, 0.05) is 44.8 Å². The van der Waals surface area contributed by atoms with Gasteiger partial charge in [-0.1, -0.05) is 22.9 Å². The summed E-state index contributed by atoms with van der Waals surface area (Å²) in [6.07, 6.45) is 1.95. The first kappa shape index (κ1) is 19.1. The van der Waals surface area contributed by atoms with Crippen LogP contribution in [0.25, 0.3) is 11.3 Å². The Morgan fingerprint density at radius 1 is 1.33 bits per heavy atom. The van der Waals surface area contributed by atoms with E-state index in [0.29, 0.717) is 28.0 Å². The van der Waals surface area contributed by atoms with E-state index in [-0.39, 0.29) is 43.3 Å². The molecule has 1 aromatic carbocycles. The Bertz CT molecular complexity index is 691. The molecule has 2 rings (SSSR count). The third-order valence-corrected chi connectivity index (χ3v) is 3.66. The Morgan fingerprint density at radius 2 is 2.05 bits per heavy atom. The van der Waals surface area contributed by atoms with Crippen molar-refractivity contribution in [2.24, 2.45) is 7.05 Å². The average Bonchev–Trinajstić information content (AvgIpc) is 2.44. The fraction of sp³-hybridized carbons (Fsp3) is 0.214. The van der Waals surface area contributed by atoms with E-state index in [2.05, 4.69) is 6.07 Å². The molecule has 0 aliphatic carbocycles. The van der Waals surface area contributed by atoms with Crippen LogP contribution in [0.2, 0.25) is 10.0 Å². The SMILES string of the molecule is CSCOc1ccc(-c2[c-]cc(Cl)c(=O)n2C)c(Cl)c1.[Y]. The van der Waals surface area contributed by atoms with Crippen LogP contribution >= 0.6 is 35.0 Å². The first-order chi connectivity index (χ1) is 9.54. The van der Waals surface area contributed by atoms with Gasteiger partial charge in [0.1, 0.15) is 11.7 Å². The molecule has 21 heavy (non-hydrogen) atoms. The van der Waals surface area contributed by atoms with Crippen molar-refractivity contribution in [2.45, 2.75) is 0 Å². The molecule has 0 saturated carbocycles. The molecule has 0 aliphatic rings. The number of hydrogen-bond donors (Lipinski definition) is 0. The third kappa shape index (κ3) is 4.49. The number of aromatic nitrogens is 1. The largest absolute Gasteiger partial charge is 0.483 e. The van der Waals surface area contributed by atoms with Gasteiger partial charge >= 0.3 is 0 Å². The first-order valence-electron chi connectivity index (χ1n) is 5.73. The molecule has 0 N–H and O–H groups in total. The van der Waals surface area contributed by atoms with Crippen LogP contribution in [0.4, 0.5) is 0 Å². The van der Waals surface area contributed by atoms with Crippen LogP contribution < -0.4 is 10.3 Å². The maximum atomic E-state index is 11.8. The zero-order chi connectivity index (χ0) is 14.7. The van der Waals surface area contributed by atoms with Crippen LogP contribution in [-0.4, -0.2) is 16.8 Å². The van der Waals surface area contributed by atoms with E-state index in [9.17, 15) is 4.79 Å². The summed E-state index contributed by atoms with van der Waals surface area (Å²) in [6.45, 7) is 0. The molecule has 1 radical (unpaired) electrons. The number of rotatable bonds is 4. The molecule has 0 spiro atoms. The summed E-state index contributed by atoms with van der Waals surface area (Å²) in [4.78, 5) is 11.8. The van der Waals surface area contributed by atoms with Crippen LogP contribution in [-0.2, 0) is 39.8 Å². The van der Waals surface area contributed by atoms with E-state index < -0.39 is 0 Å². The third-order valence-electron chi connectivity index (χ3n) is 2.72. The summed E-state index contributed by atoms with van der Waals surface area (Å²) < 4.78 is 6.90. The van der Waals surface area contributed by atoms with E-state index in [1.54, 1.807) is 30.9 Å². The summed E-state index contributed by atoms with van der Waals surface area (Å²) in [7, 11) is 1.63. The molecule has 0 aliphatic heterocycles.